The lowest BCUT2D eigenvalue weighted by Gasteiger charge is -2.27. The van der Waals surface area contributed by atoms with Gasteiger partial charge >= 0.3 is 0 Å². The molecule has 1 aliphatic heterocycles. The third-order valence-corrected chi connectivity index (χ3v) is 3.63. The number of hydrogen-bond acceptors (Lipinski definition) is 3. The normalized spacial score (nSPS) is 31.8. The Morgan fingerprint density at radius 3 is 2.87 bits per heavy atom. The Kier molecular flexibility index (Phi) is 4.42. The molecule has 0 aromatic carbocycles. The molecule has 0 bridgehead atoms. The highest BCUT2D eigenvalue weighted by Gasteiger charge is 2.35. The maximum atomic E-state index is 3.68. The molecule has 3 nitrogen and oxygen atoms in total. The zero-order chi connectivity index (χ0) is 10.5. The zero-order valence-electron chi connectivity index (χ0n) is 9.97. The largest absolute Gasteiger partial charge is 0.314 e. The van der Waals surface area contributed by atoms with E-state index in [-0.39, 0.29) is 0 Å². The molecule has 15 heavy (non-hydrogen) atoms. The maximum Gasteiger partial charge on any atom is 0.0108 e. The van der Waals surface area contributed by atoms with Gasteiger partial charge in [-0.2, -0.15) is 0 Å². The summed E-state index contributed by atoms with van der Waals surface area (Å²) in [6.45, 7) is 9.50. The van der Waals surface area contributed by atoms with Gasteiger partial charge in [0.05, 0.1) is 0 Å². The molecule has 1 heterocycles. The minimum absolute atomic E-state index is 0.855. The lowest BCUT2D eigenvalue weighted by atomic mass is 10.2. The molecule has 0 aromatic heterocycles. The van der Waals surface area contributed by atoms with E-state index in [0.717, 1.165) is 12.0 Å². The maximum absolute atomic E-state index is 3.68. The van der Waals surface area contributed by atoms with Crippen molar-refractivity contribution in [2.45, 2.75) is 32.2 Å². The van der Waals surface area contributed by atoms with Crippen molar-refractivity contribution >= 4 is 0 Å². The van der Waals surface area contributed by atoms with Gasteiger partial charge in [-0.1, -0.05) is 13.3 Å². The summed E-state index contributed by atoms with van der Waals surface area (Å²) in [4.78, 5) is 2.56. The van der Waals surface area contributed by atoms with Crippen molar-refractivity contribution in [2.24, 2.45) is 5.92 Å². The molecule has 0 aromatic rings. The van der Waals surface area contributed by atoms with E-state index in [1.54, 1.807) is 0 Å². The molecule has 88 valence electrons. The number of nitrogens with one attached hydrogen (secondary N) is 2. The fourth-order valence-electron chi connectivity index (χ4n) is 2.53. The molecule has 1 aliphatic carbocycles. The third kappa shape index (κ3) is 3.74. The summed E-state index contributed by atoms with van der Waals surface area (Å²) in [6, 6.07) is 0.855. The second-order valence-electron chi connectivity index (χ2n) is 4.94. The van der Waals surface area contributed by atoms with Crippen LogP contribution in [0.1, 0.15) is 26.2 Å². The van der Waals surface area contributed by atoms with E-state index in [0.29, 0.717) is 0 Å². The predicted molar refractivity (Wildman–Crippen MR) is 64.1 cm³/mol. The van der Waals surface area contributed by atoms with Gasteiger partial charge in [0.15, 0.2) is 0 Å². The van der Waals surface area contributed by atoms with Crippen molar-refractivity contribution in [1.82, 2.24) is 15.5 Å². The Bertz CT molecular complexity index is 178. The Morgan fingerprint density at radius 1 is 1.33 bits per heavy atom. The van der Waals surface area contributed by atoms with E-state index in [1.165, 1.54) is 58.5 Å². The Morgan fingerprint density at radius 2 is 2.13 bits per heavy atom. The first-order valence-electron chi connectivity index (χ1n) is 6.56. The van der Waals surface area contributed by atoms with Crippen molar-refractivity contribution < 1.29 is 0 Å². The second kappa shape index (κ2) is 5.83. The van der Waals surface area contributed by atoms with Crippen LogP contribution in [-0.2, 0) is 0 Å². The predicted octanol–water partition coefficient (Wildman–Crippen LogP) is 0.670. The van der Waals surface area contributed by atoms with Crippen LogP contribution in [0.4, 0.5) is 0 Å². The van der Waals surface area contributed by atoms with Crippen LogP contribution in [0.2, 0.25) is 0 Å². The van der Waals surface area contributed by atoms with Crippen LogP contribution < -0.4 is 10.6 Å². The molecule has 1 saturated heterocycles. The van der Waals surface area contributed by atoms with E-state index in [2.05, 4.69) is 22.5 Å². The first kappa shape index (κ1) is 11.4. The Hall–Kier alpha value is -0.120. The fourth-order valence-corrected chi connectivity index (χ4v) is 2.53. The smallest absolute Gasteiger partial charge is 0.0108 e. The zero-order valence-corrected chi connectivity index (χ0v) is 9.97. The topological polar surface area (TPSA) is 27.3 Å². The quantitative estimate of drug-likeness (QED) is 0.676. The van der Waals surface area contributed by atoms with Crippen molar-refractivity contribution in [2.75, 3.05) is 39.3 Å². The van der Waals surface area contributed by atoms with E-state index < -0.39 is 0 Å². The molecule has 2 N–H and O–H groups in total. The molecule has 0 radical (unpaired) electrons. The molecule has 0 amide bonds. The highest BCUT2D eigenvalue weighted by molar-refractivity contribution is 4.92. The van der Waals surface area contributed by atoms with Crippen molar-refractivity contribution in [3.8, 4) is 0 Å². The summed E-state index contributed by atoms with van der Waals surface area (Å²) in [5.74, 6) is 0.998. The SMILES string of the molecule is CCCC1CC1NCCN1CCNCC1. The van der Waals surface area contributed by atoms with Crippen LogP contribution in [0.3, 0.4) is 0 Å². The van der Waals surface area contributed by atoms with Crippen LogP contribution in [-0.4, -0.2) is 50.2 Å². The monoisotopic (exact) mass is 211 g/mol. The Balaban J connectivity index is 1.48. The number of hydrogen-bond donors (Lipinski definition) is 2. The minimum atomic E-state index is 0.855. The number of rotatable bonds is 6. The molecule has 3 heteroatoms. The van der Waals surface area contributed by atoms with Gasteiger partial charge in [-0.15, -0.1) is 0 Å². The highest BCUT2D eigenvalue weighted by atomic mass is 15.2. The standard InChI is InChI=1S/C12H25N3/c1-2-3-11-10-12(11)14-6-9-15-7-4-13-5-8-15/h11-14H,2-10H2,1H3. The van der Waals surface area contributed by atoms with Gasteiger partial charge in [0, 0.05) is 45.3 Å². The first-order chi connectivity index (χ1) is 7.40. The third-order valence-electron chi connectivity index (χ3n) is 3.63. The van der Waals surface area contributed by atoms with Gasteiger partial charge in [-0.25, -0.2) is 0 Å². The van der Waals surface area contributed by atoms with Crippen LogP contribution in [0.25, 0.3) is 0 Å². The van der Waals surface area contributed by atoms with E-state index in [1.807, 2.05) is 0 Å². The van der Waals surface area contributed by atoms with Gasteiger partial charge < -0.3 is 10.6 Å². The molecular formula is C12H25N3. The fraction of sp³-hybridized carbons (Fsp3) is 1.00. The van der Waals surface area contributed by atoms with Gasteiger partial charge in [-0.3, -0.25) is 4.90 Å². The molecule has 2 fully saturated rings. The van der Waals surface area contributed by atoms with Crippen molar-refractivity contribution in [3.63, 3.8) is 0 Å². The van der Waals surface area contributed by atoms with Crippen molar-refractivity contribution in [3.05, 3.63) is 0 Å². The molecule has 2 aliphatic rings. The summed E-state index contributed by atoms with van der Waals surface area (Å²) in [6.07, 6.45) is 4.20. The Labute approximate surface area is 93.6 Å². The van der Waals surface area contributed by atoms with Gasteiger partial charge in [0.1, 0.15) is 0 Å². The first-order valence-corrected chi connectivity index (χ1v) is 6.56. The summed E-state index contributed by atoms with van der Waals surface area (Å²) in [5, 5.41) is 7.06. The highest BCUT2D eigenvalue weighted by Crippen LogP contribution is 2.34. The van der Waals surface area contributed by atoms with E-state index >= 15 is 0 Å². The van der Waals surface area contributed by atoms with Gasteiger partial charge in [0.25, 0.3) is 0 Å². The lowest BCUT2D eigenvalue weighted by Crippen LogP contribution is -2.46. The molecule has 2 unspecified atom stereocenters. The van der Waals surface area contributed by atoms with E-state index in [9.17, 15) is 0 Å². The number of piperazine rings is 1. The number of nitrogens with zero attached hydrogens (tertiary/aromatic N) is 1. The molecule has 0 spiro atoms. The molecule has 2 atom stereocenters. The summed E-state index contributed by atoms with van der Waals surface area (Å²) < 4.78 is 0. The van der Waals surface area contributed by atoms with Crippen LogP contribution >= 0.6 is 0 Å². The van der Waals surface area contributed by atoms with Crippen LogP contribution in [0, 0.1) is 5.92 Å². The summed E-state index contributed by atoms with van der Waals surface area (Å²) in [7, 11) is 0. The second-order valence-corrected chi connectivity index (χ2v) is 4.94. The van der Waals surface area contributed by atoms with Crippen LogP contribution in [0.15, 0.2) is 0 Å². The van der Waals surface area contributed by atoms with Gasteiger partial charge in [0.2, 0.25) is 0 Å². The average molecular weight is 211 g/mol. The average Bonchev–Trinajstić information content (AvgIpc) is 2.99. The summed E-state index contributed by atoms with van der Waals surface area (Å²) in [5.41, 5.74) is 0. The summed E-state index contributed by atoms with van der Waals surface area (Å²) >= 11 is 0. The molecule has 1 saturated carbocycles. The van der Waals surface area contributed by atoms with Crippen LogP contribution in [0.5, 0.6) is 0 Å². The molecular weight excluding hydrogens is 186 g/mol. The lowest BCUT2D eigenvalue weighted by molar-refractivity contribution is 0.240. The molecule has 2 rings (SSSR count). The van der Waals surface area contributed by atoms with Gasteiger partial charge in [-0.05, 0) is 18.8 Å². The van der Waals surface area contributed by atoms with E-state index in [4.69, 9.17) is 0 Å². The minimum Gasteiger partial charge on any atom is -0.314 e. The van der Waals surface area contributed by atoms with Crippen molar-refractivity contribution in [1.29, 1.82) is 0 Å².